The normalized spacial score (nSPS) is 18.9. The van der Waals surface area contributed by atoms with Gasteiger partial charge in [0, 0.05) is 19.8 Å². The molecular weight excluding hydrogens is 224 g/mol. The molecule has 0 saturated carbocycles. The first-order valence-electron chi connectivity index (χ1n) is 5.58. The van der Waals surface area contributed by atoms with Gasteiger partial charge < -0.3 is 20.3 Å². The SMILES string of the molecule is NCC1(C(=O)NCc2ncon2)CCOCC1. The zero-order valence-electron chi connectivity index (χ0n) is 9.52. The van der Waals surface area contributed by atoms with Crippen molar-refractivity contribution in [3.8, 4) is 0 Å². The molecule has 0 bridgehead atoms. The highest BCUT2D eigenvalue weighted by molar-refractivity contribution is 5.82. The molecule has 7 nitrogen and oxygen atoms in total. The highest BCUT2D eigenvalue weighted by Crippen LogP contribution is 2.29. The maximum Gasteiger partial charge on any atom is 0.228 e. The molecule has 1 aromatic rings. The number of rotatable bonds is 4. The number of hydrogen-bond donors (Lipinski definition) is 2. The van der Waals surface area contributed by atoms with Crippen LogP contribution in [0, 0.1) is 5.41 Å². The molecule has 0 spiro atoms. The molecule has 1 aliphatic heterocycles. The molecule has 1 aromatic heterocycles. The van der Waals surface area contributed by atoms with Crippen LogP contribution in [0.4, 0.5) is 0 Å². The van der Waals surface area contributed by atoms with Crippen LogP contribution in [0.15, 0.2) is 10.9 Å². The number of nitrogens with two attached hydrogens (primary N) is 1. The Morgan fingerprint density at radius 1 is 1.53 bits per heavy atom. The molecular formula is C10H16N4O3. The van der Waals surface area contributed by atoms with Crippen molar-refractivity contribution in [2.24, 2.45) is 11.1 Å². The largest absolute Gasteiger partial charge is 0.381 e. The lowest BCUT2D eigenvalue weighted by Gasteiger charge is -2.34. The van der Waals surface area contributed by atoms with Gasteiger partial charge in [0.25, 0.3) is 0 Å². The van der Waals surface area contributed by atoms with E-state index in [0.29, 0.717) is 38.4 Å². The molecule has 0 unspecified atom stereocenters. The van der Waals surface area contributed by atoms with E-state index >= 15 is 0 Å². The van der Waals surface area contributed by atoms with Crippen LogP contribution < -0.4 is 11.1 Å². The van der Waals surface area contributed by atoms with Gasteiger partial charge in [-0.3, -0.25) is 4.79 Å². The maximum atomic E-state index is 12.1. The molecule has 1 aliphatic rings. The fourth-order valence-corrected chi connectivity index (χ4v) is 1.90. The third kappa shape index (κ3) is 2.62. The number of nitrogens with zero attached hydrogens (tertiary/aromatic N) is 2. The Hall–Kier alpha value is -1.47. The summed E-state index contributed by atoms with van der Waals surface area (Å²) in [6, 6.07) is 0. The summed E-state index contributed by atoms with van der Waals surface area (Å²) in [5, 5.41) is 6.41. The van der Waals surface area contributed by atoms with Gasteiger partial charge in [0.1, 0.15) is 0 Å². The number of hydrogen-bond acceptors (Lipinski definition) is 6. The molecule has 0 aromatic carbocycles. The fourth-order valence-electron chi connectivity index (χ4n) is 1.90. The van der Waals surface area contributed by atoms with Crippen molar-refractivity contribution in [2.45, 2.75) is 19.4 Å². The summed E-state index contributed by atoms with van der Waals surface area (Å²) in [5.74, 6) is 0.394. The van der Waals surface area contributed by atoms with Crippen LogP contribution in [0.3, 0.4) is 0 Å². The van der Waals surface area contributed by atoms with Gasteiger partial charge in [0.2, 0.25) is 12.3 Å². The molecule has 94 valence electrons. The van der Waals surface area contributed by atoms with Crippen LogP contribution in [0.5, 0.6) is 0 Å². The van der Waals surface area contributed by atoms with Crippen molar-refractivity contribution < 1.29 is 14.1 Å². The lowest BCUT2D eigenvalue weighted by atomic mass is 9.79. The minimum absolute atomic E-state index is 0.0619. The number of ether oxygens (including phenoxy) is 1. The summed E-state index contributed by atoms with van der Waals surface area (Å²) < 4.78 is 9.84. The van der Waals surface area contributed by atoms with Crippen molar-refractivity contribution >= 4 is 5.91 Å². The molecule has 2 rings (SSSR count). The third-order valence-corrected chi connectivity index (χ3v) is 3.14. The number of carbonyl (C=O) groups excluding carboxylic acids is 1. The van der Waals surface area contributed by atoms with Crippen LogP contribution in [-0.2, 0) is 16.1 Å². The van der Waals surface area contributed by atoms with Gasteiger partial charge in [-0.25, -0.2) is 0 Å². The Labute approximate surface area is 98.7 Å². The van der Waals surface area contributed by atoms with E-state index in [2.05, 4.69) is 20.0 Å². The molecule has 17 heavy (non-hydrogen) atoms. The Balaban J connectivity index is 1.93. The van der Waals surface area contributed by atoms with Gasteiger partial charge in [-0.05, 0) is 12.8 Å². The van der Waals surface area contributed by atoms with Crippen molar-refractivity contribution in [3.63, 3.8) is 0 Å². The summed E-state index contributed by atoms with van der Waals surface area (Å²) in [7, 11) is 0. The number of amides is 1. The molecule has 7 heteroatoms. The van der Waals surface area contributed by atoms with Crippen molar-refractivity contribution in [1.82, 2.24) is 15.5 Å². The molecule has 2 heterocycles. The van der Waals surface area contributed by atoms with E-state index in [0.717, 1.165) is 0 Å². The van der Waals surface area contributed by atoms with Crippen LogP contribution >= 0.6 is 0 Å². The first-order chi connectivity index (χ1) is 8.27. The molecule has 1 fully saturated rings. The highest BCUT2D eigenvalue weighted by Gasteiger charge is 2.38. The van der Waals surface area contributed by atoms with Crippen LogP contribution in [0.2, 0.25) is 0 Å². The minimum Gasteiger partial charge on any atom is -0.381 e. The average Bonchev–Trinajstić information content (AvgIpc) is 2.90. The van der Waals surface area contributed by atoms with E-state index < -0.39 is 5.41 Å². The molecule has 1 saturated heterocycles. The zero-order chi connectivity index (χ0) is 12.1. The quantitative estimate of drug-likeness (QED) is 0.731. The van der Waals surface area contributed by atoms with E-state index in [4.69, 9.17) is 10.5 Å². The lowest BCUT2D eigenvalue weighted by molar-refractivity contribution is -0.136. The summed E-state index contributed by atoms with van der Waals surface area (Å²) in [6.07, 6.45) is 2.54. The summed E-state index contributed by atoms with van der Waals surface area (Å²) in [4.78, 5) is 15.9. The highest BCUT2D eigenvalue weighted by atomic mass is 16.5. The minimum atomic E-state index is -0.512. The van der Waals surface area contributed by atoms with Gasteiger partial charge in [-0.15, -0.1) is 0 Å². The monoisotopic (exact) mass is 240 g/mol. The first kappa shape index (κ1) is 12.0. The van der Waals surface area contributed by atoms with Crippen LogP contribution in [0.25, 0.3) is 0 Å². The van der Waals surface area contributed by atoms with Gasteiger partial charge in [-0.2, -0.15) is 4.98 Å². The van der Waals surface area contributed by atoms with Gasteiger partial charge in [-0.1, -0.05) is 5.16 Å². The van der Waals surface area contributed by atoms with Gasteiger partial charge in [0.15, 0.2) is 5.82 Å². The number of nitrogens with one attached hydrogen (secondary N) is 1. The summed E-state index contributed by atoms with van der Waals surface area (Å²) in [5.41, 5.74) is 5.21. The Kier molecular flexibility index (Phi) is 3.70. The second kappa shape index (κ2) is 5.24. The zero-order valence-corrected chi connectivity index (χ0v) is 9.52. The van der Waals surface area contributed by atoms with E-state index in [1.54, 1.807) is 0 Å². The molecule has 1 amide bonds. The second-order valence-electron chi connectivity index (χ2n) is 4.13. The van der Waals surface area contributed by atoms with E-state index in [9.17, 15) is 4.79 Å². The van der Waals surface area contributed by atoms with E-state index in [1.807, 2.05) is 0 Å². The Morgan fingerprint density at radius 3 is 2.88 bits per heavy atom. The maximum absolute atomic E-state index is 12.1. The van der Waals surface area contributed by atoms with Crippen LogP contribution in [0.1, 0.15) is 18.7 Å². The third-order valence-electron chi connectivity index (χ3n) is 3.14. The average molecular weight is 240 g/mol. The molecule has 3 N–H and O–H groups in total. The van der Waals surface area contributed by atoms with Crippen molar-refractivity contribution in [2.75, 3.05) is 19.8 Å². The summed E-state index contributed by atoms with van der Waals surface area (Å²) in [6.45, 7) is 1.74. The Bertz CT molecular complexity index is 360. The predicted octanol–water partition coefficient (Wildman–Crippen LogP) is -0.559. The van der Waals surface area contributed by atoms with E-state index in [1.165, 1.54) is 6.39 Å². The lowest BCUT2D eigenvalue weighted by Crippen LogP contribution is -2.49. The predicted molar refractivity (Wildman–Crippen MR) is 57.7 cm³/mol. The topological polar surface area (TPSA) is 103 Å². The molecule has 0 radical (unpaired) electrons. The smallest absolute Gasteiger partial charge is 0.228 e. The van der Waals surface area contributed by atoms with Crippen LogP contribution in [-0.4, -0.2) is 35.8 Å². The fraction of sp³-hybridized carbons (Fsp3) is 0.700. The molecule has 0 aliphatic carbocycles. The van der Waals surface area contributed by atoms with Gasteiger partial charge >= 0.3 is 0 Å². The molecule has 0 atom stereocenters. The standard InChI is InChI=1S/C10H16N4O3/c11-6-10(1-3-16-4-2-10)9(15)12-5-8-13-7-17-14-8/h7H,1-6,11H2,(H,12,15). The first-order valence-corrected chi connectivity index (χ1v) is 5.58. The van der Waals surface area contributed by atoms with Crippen molar-refractivity contribution in [3.05, 3.63) is 12.2 Å². The Morgan fingerprint density at radius 2 is 2.29 bits per heavy atom. The van der Waals surface area contributed by atoms with Crippen molar-refractivity contribution in [1.29, 1.82) is 0 Å². The van der Waals surface area contributed by atoms with E-state index in [-0.39, 0.29) is 12.5 Å². The number of carbonyl (C=O) groups is 1. The van der Waals surface area contributed by atoms with Gasteiger partial charge in [0.05, 0.1) is 12.0 Å². The second-order valence-corrected chi connectivity index (χ2v) is 4.13. The number of aromatic nitrogens is 2. The summed E-state index contributed by atoms with van der Waals surface area (Å²) >= 11 is 0.